The number of hydrogen-bond acceptors (Lipinski definition) is 3. The fourth-order valence-corrected chi connectivity index (χ4v) is 2.52. The van der Waals surface area contributed by atoms with Gasteiger partial charge < -0.3 is 9.84 Å². The first-order valence-corrected chi connectivity index (χ1v) is 7.05. The molecule has 0 spiro atoms. The number of rotatable bonds is 3. The number of anilines is 1. The quantitative estimate of drug-likeness (QED) is 0.797. The molecule has 0 aliphatic heterocycles. The third-order valence-electron chi connectivity index (χ3n) is 3.53. The van der Waals surface area contributed by atoms with Crippen molar-refractivity contribution in [1.82, 2.24) is 5.16 Å². The second-order valence-corrected chi connectivity index (χ2v) is 5.41. The molecular formula is C17H14F2N2O2. The zero-order valence-corrected chi connectivity index (χ0v) is 12.6. The van der Waals surface area contributed by atoms with Gasteiger partial charge in [-0.25, -0.2) is 8.78 Å². The van der Waals surface area contributed by atoms with Crippen LogP contribution in [0.3, 0.4) is 0 Å². The average Bonchev–Trinajstić information content (AvgIpc) is 2.86. The lowest BCUT2D eigenvalue weighted by Crippen LogP contribution is -2.16. The molecular weight excluding hydrogens is 302 g/mol. The van der Waals surface area contributed by atoms with Crippen LogP contribution in [0.5, 0.6) is 0 Å². The topological polar surface area (TPSA) is 55.1 Å². The molecule has 0 bridgehead atoms. The number of benzene rings is 2. The summed E-state index contributed by atoms with van der Waals surface area (Å²) in [4.78, 5) is 12.1. The van der Waals surface area contributed by atoms with Crippen LogP contribution in [0.4, 0.5) is 14.5 Å². The molecule has 4 nitrogen and oxygen atoms in total. The highest BCUT2D eigenvalue weighted by Crippen LogP contribution is 2.25. The van der Waals surface area contributed by atoms with Gasteiger partial charge in [0.15, 0.2) is 5.58 Å². The highest BCUT2D eigenvalue weighted by molar-refractivity contribution is 5.95. The summed E-state index contributed by atoms with van der Waals surface area (Å²) < 4.78 is 32.4. The molecule has 23 heavy (non-hydrogen) atoms. The maximum Gasteiger partial charge on any atom is 0.230 e. The van der Waals surface area contributed by atoms with E-state index >= 15 is 0 Å². The van der Waals surface area contributed by atoms with E-state index in [9.17, 15) is 13.6 Å². The van der Waals surface area contributed by atoms with Crippen molar-refractivity contribution in [2.24, 2.45) is 0 Å². The van der Waals surface area contributed by atoms with E-state index in [0.717, 1.165) is 28.6 Å². The summed E-state index contributed by atoms with van der Waals surface area (Å²) in [6, 6.07) is 7.21. The summed E-state index contributed by atoms with van der Waals surface area (Å²) in [5, 5.41) is 6.87. The molecule has 0 saturated carbocycles. The van der Waals surface area contributed by atoms with E-state index in [4.69, 9.17) is 4.52 Å². The molecule has 3 aromatic rings. The van der Waals surface area contributed by atoms with Gasteiger partial charge in [-0.1, -0.05) is 17.3 Å². The molecule has 2 aromatic carbocycles. The minimum absolute atomic E-state index is 0.135. The van der Waals surface area contributed by atoms with Crippen LogP contribution in [0.15, 0.2) is 34.9 Å². The summed E-state index contributed by atoms with van der Waals surface area (Å²) in [6.45, 7) is 3.82. The molecule has 1 N–H and O–H groups in total. The maximum atomic E-state index is 13.6. The highest BCUT2D eigenvalue weighted by Gasteiger charge is 2.17. The van der Waals surface area contributed by atoms with Gasteiger partial charge in [0.25, 0.3) is 0 Å². The van der Waals surface area contributed by atoms with Gasteiger partial charge in [0.05, 0.1) is 6.42 Å². The van der Waals surface area contributed by atoms with Gasteiger partial charge in [0.1, 0.15) is 23.0 Å². The van der Waals surface area contributed by atoms with Gasteiger partial charge in [-0.3, -0.25) is 4.79 Å². The first-order valence-electron chi connectivity index (χ1n) is 7.05. The zero-order chi connectivity index (χ0) is 16.6. The number of fused-ring (bicyclic) bond motifs is 1. The van der Waals surface area contributed by atoms with E-state index in [-0.39, 0.29) is 6.42 Å². The number of carbonyl (C=O) groups excluding carboxylic acids is 1. The number of halogens is 2. The van der Waals surface area contributed by atoms with E-state index < -0.39 is 23.2 Å². The lowest BCUT2D eigenvalue weighted by Gasteiger charge is -2.06. The van der Waals surface area contributed by atoms with Crippen molar-refractivity contribution >= 4 is 22.6 Å². The Morgan fingerprint density at radius 3 is 2.61 bits per heavy atom. The largest absolute Gasteiger partial charge is 0.356 e. The number of amides is 1. The molecule has 0 aliphatic carbocycles. The first-order chi connectivity index (χ1) is 11.0. The molecule has 0 saturated heterocycles. The van der Waals surface area contributed by atoms with Crippen LogP contribution in [0.25, 0.3) is 11.0 Å². The molecule has 0 aliphatic rings. The summed E-state index contributed by atoms with van der Waals surface area (Å²) in [5.41, 5.74) is 2.51. The first kappa shape index (κ1) is 15.1. The number of nitrogens with one attached hydrogen (secondary N) is 1. The van der Waals surface area contributed by atoms with Crippen molar-refractivity contribution in [3.63, 3.8) is 0 Å². The van der Waals surface area contributed by atoms with Crippen LogP contribution in [-0.4, -0.2) is 11.1 Å². The summed E-state index contributed by atoms with van der Waals surface area (Å²) in [6.07, 6.45) is -0.135. The Morgan fingerprint density at radius 2 is 1.91 bits per heavy atom. The van der Waals surface area contributed by atoms with Crippen molar-refractivity contribution in [3.8, 4) is 0 Å². The monoisotopic (exact) mass is 316 g/mol. The van der Waals surface area contributed by atoms with Crippen LogP contribution in [0.2, 0.25) is 0 Å². The summed E-state index contributed by atoms with van der Waals surface area (Å²) in [5.74, 6) is -2.21. The molecule has 118 valence electrons. The van der Waals surface area contributed by atoms with Crippen molar-refractivity contribution < 1.29 is 18.1 Å². The molecule has 6 heteroatoms. The minimum atomic E-state index is -0.824. The van der Waals surface area contributed by atoms with Crippen LogP contribution in [-0.2, 0) is 11.2 Å². The minimum Gasteiger partial charge on any atom is -0.356 e. The fraction of sp³-hybridized carbons (Fsp3) is 0.176. The van der Waals surface area contributed by atoms with E-state index in [1.807, 2.05) is 26.0 Å². The molecule has 1 amide bonds. The lowest BCUT2D eigenvalue weighted by atomic mass is 10.1. The Morgan fingerprint density at radius 1 is 1.22 bits per heavy atom. The van der Waals surface area contributed by atoms with Crippen molar-refractivity contribution in [2.45, 2.75) is 20.3 Å². The normalized spacial score (nSPS) is 11.0. The Bertz CT molecular complexity index is 883. The Hall–Kier alpha value is -2.76. The Labute approximate surface area is 131 Å². The Balaban J connectivity index is 1.86. The van der Waals surface area contributed by atoms with Gasteiger partial charge in [0, 0.05) is 5.39 Å². The standard InChI is InChI=1S/C17H14F2N2O2/c1-9-6-10(2)17-11(7-9)14(21-23-17)8-15(22)20-16-12(18)4-3-5-13(16)19/h3-7H,8H2,1-2H3,(H,20,22). The molecule has 0 radical (unpaired) electrons. The SMILES string of the molecule is Cc1cc(C)c2onc(CC(=O)Nc3c(F)cccc3F)c2c1. The highest BCUT2D eigenvalue weighted by atomic mass is 19.1. The number of aromatic nitrogens is 1. The number of hydrogen-bond donors (Lipinski definition) is 1. The van der Waals surface area contributed by atoms with Crippen molar-refractivity contribution in [3.05, 3.63) is 58.8 Å². The van der Waals surface area contributed by atoms with Crippen LogP contribution >= 0.6 is 0 Å². The smallest absolute Gasteiger partial charge is 0.230 e. The Kier molecular flexibility index (Phi) is 3.82. The van der Waals surface area contributed by atoms with Crippen LogP contribution < -0.4 is 5.32 Å². The molecule has 1 aromatic heterocycles. The molecule has 0 unspecified atom stereocenters. The maximum absolute atomic E-state index is 13.6. The third kappa shape index (κ3) is 2.92. The van der Waals surface area contributed by atoms with E-state index in [0.29, 0.717) is 11.3 Å². The van der Waals surface area contributed by atoms with Crippen molar-refractivity contribution in [2.75, 3.05) is 5.32 Å². The molecule has 3 rings (SSSR count). The summed E-state index contributed by atoms with van der Waals surface area (Å²) in [7, 11) is 0. The van der Waals surface area contributed by atoms with Crippen molar-refractivity contribution in [1.29, 1.82) is 0 Å². The number of aryl methyl sites for hydroxylation is 2. The second kappa shape index (κ2) is 5.79. The number of para-hydroxylation sites is 1. The van der Waals surface area contributed by atoms with Gasteiger partial charge in [-0.15, -0.1) is 0 Å². The fourth-order valence-electron chi connectivity index (χ4n) is 2.52. The zero-order valence-electron chi connectivity index (χ0n) is 12.6. The molecule has 0 fully saturated rings. The second-order valence-electron chi connectivity index (χ2n) is 5.41. The van der Waals surface area contributed by atoms with E-state index in [1.165, 1.54) is 6.07 Å². The lowest BCUT2D eigenvalue weighted by molar-refractivity contribution is -0.115. The van der Waals surface area contributed by atoms with Gasteiger partial charge in [0.2, 0.25) is 5.91 Å². The molecule has 0 atom stereocenters. The van der Waals surface area contributed by atoms with Crippen LogP contribution in [0, 0.1) is 25.5 Å². The van der Waals surface area contributed by atoms with Gasteiger partial charge in [-0.2, -0.15) is 0 Å². The third-order valence-corrected chi connectivity index (χ3v) is 3.53. The molecule has 1 heterocycles. The number of nitrogens with zero attached hydrogens (tertiary/aromatic N) is 1. The average molecular weight is 316 g/mol. The van der Waals surface area contributed by atoms with E-state index in [2.05, 4.69) is 10.5 Å². The van der Waals surface area contributed by atoms with Gasteiger partial charge >= 0.3 is 0 Å². The summed E-state index contributed by atoms with van der Waals surface area (Å²) >= 11 is 0. The predicted octanol–water partition coefficient (Wildman–Crippen LogP) is 3.90. The predicted molar refractivity (Wildman–Crippen MR) is 82.2 cm³/mol. The number of carbonyl (C=O) groups is 1. The van der Waals surface area contributed by atoms with Gasteiger partial charge in [-0.05, 0) is 43.2 Å². The van der Waals surface area contributed by atoms with Crippen LogP contribution in [0.1, 0.15) is 16.8 Å². The van der Waals surface area contributed by atoms with E-state index in [1.54, 1.807) is 0 Å².